The fraction of sp³-hybridized carbons (Fsp3) is 0.107. The maximum absolute atomic E-state index is 12.7. The predicted octanol–water partition coefficient (Wildman–Crippen LogP) is 4.93. The third-order valence-electron chi connectivity index (χ3n) is 5.84. The summed E-state index contributed by atoms with van der Waals surface area (Å²) in [5.41, 5.74) is 6.35. The first-order valence-electron chi connectivity index (χ1n) is 11.1. The highest BCUT2D eigenvalue weighted by Gasteiger charge is 2.44. The van der Waals surface area contributed by atoms with Gasteiger partial charge in [0.1, 0.15) is 23.2 Å². The Morgan fingerprint density at radius 1 is 0.676 bits per heavy atom. The molecule has 0 aliphatic carbocycles. The maximum Gasteiger partial charge on any atom is 0.317 e. The number of hydrogen-bond acceptors (Lipinski definition) is 2. The first-order valence-corrected chi connectivity index (χ1v) is 13.1. The normalized spacial score (nSPS) is 11.3. The number of benzene rings is 4. The molecule has 3 nitrogen and oxygen atoms in total. The number of rotatable bonds is 9. The van der Waals surface area contributed by atoms with E-state index in [0.717, 1.165) is 11.7 Å². The Morgan fingerprint density at radius 2 is 1.12 bits per heavy atom. The third-order valence-corrected chi connectivity index (χ3v) is 10.3. The van der Waals surface area contributed by atoms with Crippen LogP contribution < -0.4 is 26.8 Å². The number of halogens is 2. The van der Waals surface area contributed by atoms with Gasteiger partial charge >= 0.3 is 12.3 Å². The SMILES string of the molecule is O=C(NNc1ccccc1CC[P+](c1ccccc1)(c1ccccc1)c1ccccc1)C(F)F. The van der Waals surface area contributed by atoms with Gasteiger partial charge in [-0.3, -0.25) is 15.6 Å². The van der Waals surface area contributed by atoms with Crippen molar-refractivity contribution < 1.29 is 13.6 Å². The second-order valence-electron chi connectivity index (χ2n) is 7.86. The minimum atomic E-state index is -3.08. The van der Waals surface area contributed by atoms with Crippen molar-refractivity contribution in [2.45, 2.75) is 12.8 Å². The minimum Gasteiger partial charge on any atom is -0.298 e. The van der Waals surface area contributed by atoms with Gasteiger partial charge in [0.05, 0.1) is 11.8 Å². The molecule has 4 aromatic rings. The largest absolute Gasteiger partial charge is 0.317 e. The van der Waals surface area contributed by atoms with E-state index in [1.54, 1.807) is 6.07 Å². The first kappa shape index (κ1) is 23.6. The molecular formula is C28H26F2N2OP+. The fourth-order valence-electron chi connectivity index (χ4n) is 4.21. The van der Waals surface area contributed by atoms with E-state index in [4.69, 9.17) is 0 Å². The van der Waals surface area contributed by atoms with Gasteiger partial charge < -0.3 is 0 Å². The summed E-state index contributed by atoms with van der Waals surface area (Å²) in [5.74, 6) is -1.35. The van der Waals surface area contributed by atoms with Gasteiger partial charge in [0.15, 0.2) is 0 Å². The average Bonchev–Trinajstić information content (AvgIpc) is 2.90. The van der Waals surface area contributed by atoms with Crippen molar-refractivity contribution in [1.29, 1.82) is 0 Å². The lowest BCUT2D eigenvalue weighted by molar-refractivity contribution is -0.131. The number of amides is 1. The summed E-state index contributed by atoms with van der Waals surface area (Å²) in [7, 11) is -2.03. The number of hydrogen-bond donors (Lipinski definition) is 2. The highest BCUT2D eigenvalue weighted by atomic mass is 31.2. The number of nitrogens with one attached hydrogen (secondary N) is 2. The van der Waals surface area contributed by atoms with E-state index in [2.05, 4.69) is 83.6 Å². The topological polar surface area (TPSA) is 41.1 Å². The molecule has 6 heteroatoms. The zero-order chi connectivity index (χ0) is 23.8. The summed E-state index contributed by atoms with van der Waals surface area (Å²) in [4.78, 5) is 11.4. The van der Waals surface area contributed by atoms with Crippen LogP contribution in [-0.4, -0.2) is 18.5 Å². The van der Waals surface area contributed by atoms with E-state index in [0.29, 0.717) is 12.1 Å². The number of hydrazine groups is 1. The van der Waals surface area contributed by atoms with Gasteiger partial charge in [-0.05, 0) is 48.0 Å². The smallest absolute Gasteiger partial charge is 0.298 e. The molecule has 1 amide bonds. The van der Waals surface area contributed by atoms with Crippen LogP contribution in [0.2, 0.25) is 0 Å². The van der Waals surface area contributed by atoms with Crippen molar-refractivity contribution in [3.05, 3.63) is 121 Å². The highest BCUT2D eigenvalue weighted by Crippen LogP contribution is 2.55. The Hall–Kier alpha value is -3.56. The Bertz CT molecular complexity index is 1110. The van der Waals surface area contributed by atoms with Crippen LogP contribution in [0.1, 0.15) is 5.56 Å². The van der Waals surface area contributed by atoms with E-state index in [9.17, 15) is 13.6 Å². The second-order valence-corrected chi connectivity index (χ2v) is 11.5. The van der Waals surface area contributed by atoms with Crippen LogP contribution in [0, 0.1) is 0 Å². The van der Waals surface area contributed by atoms with E-state index >= 15 is 0 Å². The van der Waals surface area contributed by atoms with Gasteiger partial charge in [0.2, 0.25) is 0 Å². The summed E-state index contributed by atoms with van der Waals surface area (Å²) >= 11 is 0. The molecule has 2 N–H and O–H groups in total. The summed E-state index contributed by atoms with van der Waals surface area (Å²) in [6, 6.07) is 39.2. The zero-order valence-corrected chi connectivity index (χ0v) is 19.5. The van der Waals surface area contributed by atoms with Gasteiger partial charge in [0.25, 0.3) is 0 Å². The van der Waals surface area contributed by atoms with Gasteiger partial charge in [-0.15, -0.1) is 0 Å². The predicted molar refractivity (Wildman–Crippen MR) is 138 cm³/mol. The molecule has 0 heterocycles. The van der Waals surface area contributed by atoms with Crippen LogP contribution in [0.3, 0.4) is 0 Å². The fourth-order valence-corrected chi connectivity index (χ4v) is 8.50. The Kier molecular flexibility index (Phi) is 7.66. The van der Waals surface area contributed by atoms with Crippen molar-refractivity contribution in [3.63, 3.8) is 0 Å². The van der Waals surface area contributed by atoms with Crippen LogP contribution in [-0.2, 0) is 11.2 Å². The summed E-state index contributed by atoms with van der Waals surface area (Å²) in [6.07, 6.45) is -1.54. The zero-order valence-electron chi connectivity index (χ0n) is 18.6. The van der Waals surface area contributed by atoms with E-state index in [1.165, 1.54) is 15.9 Å². The van der Waals surface area contributed by atoms with Crippen molar-refractivity contribution in [2.75, 3.05) is 11.6 Å². The van der Waals surface area contributed by atoms with Crippen LogP contribution in [0.25, 0.3) is 0 Å². The van der Waals surface area contributed by atoms with Gasteiger partial charge in [-0.1, -0.05) is 72.8 Å². The summed E-state index contributed by atoms with van der Waals surface area (Å²) in [6.45, 7) is 0. The van der Waals surface area contributed by atoms with Crippen LogP contribution in [0.5, 0.6) is 0 Å². The Balaban J connectivity index is 1.75. The molecule has 4 rings (SSSR count). The third kappa shape index (κ3) is 5.16. The molecule has 34 heavy (non-hydrogen) atoms. The van der Waals surface area contributed by atoms with Crippen molar-refractivity contribution in [1.82, 2.24) is 5.43 Å². The Morgan fingerprint density at radius 3 is 1.59 bits per heavy atom. The second kappa shape index (κ2) is 11.0. The molecular weight excluding hydrogens is 449 g/mol. The summed E-state index contributed by atoms with van der Waals surface area (Å²) < 4.78 is 25.3. The molecule has 0 saturated carbocycles. The van der Waals surface area contributed by atoms with Gasteiger partial charge in [-0.2, -0.15) is 8.78 Å². The lowest BCUT2D eigenvalue weighted by atomic mass is 10.1. The highest BCUT2D eigenvalue weighted by molar-refractivity contribution is 7.95. The molecule has 0 atom stereocenters. The molecule has 0 fully saturated rings. The standard InChI is InChI=1S/C28H25F2N2OP/c29-27(30)28(33)32-31-26-19-11-10-12-22(26)20-21-34(23-13-4-1-5-14-23,24-15-6-2-7-16-24)25-17-8-3-9-18-25/h1-19,27,31H,20-21H2/p+1. The van der Waals surface area contributed by atoms with Crippen molar-refractivity contribution in [2.24, 2.45) is 0 Å². The average molecular weight is 475 g/mol. The number of carbonyl (C=O) groups is 1. The summed E-state index contributed by atoms with van der Waals surface area (Å²) in [5, 5.41) is 3.84. The molecule has 0 unspecified atom stereocenters. The van der Waals surface area contributed by atoms with Crippen molar-refractivity contribution >= 4 is 34.8 Å². The van der Waals surface area contributed by atoms with Crippen LogP contribution in [0.15, 0.2) is 115 Å². The van der Waals surface area contributed by atoms with Crippen LogP contribution in [0.4, 0.5) is 14.5 Å². The number of anilines is 1. The quantitative estimate of drug-likeness (QED) is 0.266. The molecule has 0 saturated heterocycles. The number of carbonyl (C=O) groups excluding carboxylic acids is 1. The van der Waals surface area contributed by atoms with E-state index in [1.807, 2.05) is 36.4 Å². The molecule has 0 bridgehead atoms. The monoisotopic (exact) mass is 475 g/mol. The first-order chi connectivity index (χ1) is 16.6. The molecule has 0 radical (unpaired) electrons. The lowest BCUT2D eigenvalue weighted by Gasteiger charge is -2.28. The molecule has 0 aromatic heterocycles. The molecule has 0 spiro atoms. The number of alkyl halides is 2. The number of para-hydroxylation sites is 1. The lowest BCUT2D eigenvalue weighted by Crippen LogP contribution is -2.35. The molecule has 4 aromatic carbocycles. The maximum atomic E-state index is 12.7. The van der Waals surface area contributed by atoms with E-state index < -0.39 is 19.6 Å². The van der Waals surface area contributed by atoms with Crippen molar-refractivity contribution in [3.8, 4) is 0 Å². The number of aryl methyl sites for hydroxylation is 1. The van der Waals surface area contributed by atoms with Crippen LogP contribution >= 0.6 is 7.26 Å². The van der Waals surface area contributed by atoms with Gasteiger partial charge in [0, 0.05) is 6.42 Å². The van der Waals surface area contributed by atoms with E-state index in [-0.39, 0.29) is 0 Å². The molecule has 172 valence electrons. The minimum absolute atomic E-state index is 0.615. The molecule has 0 aliphatic heterocycles. The molecule has 0 aliphatic rings. The Labute approximate surface area is 199 Å². The van der Waals surface area contributed by atoms with Gasteiger partial charge in [-0.25, -0.2) is 0 Å².